The number of rotatable bonds is 8. The molecular weight excluding hydrogens is 358 g/mol. The van der Waals surface area contributed by atoms with Gasteiger partial charge in [0.25, 0.3) is 5.91 Å². The molecule has 2 aliphatic carbocycles. The zero-order valence-corrected chi connectivity index (χ0v) is 16.7. The summed E-state index contributed by atoms with van der Waals surface area (Å²) in [6.07, 6.45) is 7.29. The van der Waals surface area contributed by atoms with Gasteiger partial charge in [0.05, 0.1) is 18.3 Å². The number of nitrogens with zero attached hydrogens (tertiary/aromatic N) is 2. The van der Waals surface area contributed by atoms with Crippen LogP contribution in [0.5, 0.6) is 5.88 Å². The summed E-state index contributed by atoms with van der Waals surface area (Å²) in [5, 5.41) is 13.5. The number of hydrogen-bond donors (Lipinski definition) is 2. The third-order valence-electron chi connectivity index (χ3n) is 6.11. The van der Waals surface area contributed by atoms with Crippen molar-refractivity contribution in [3.8, 4) is 5.88 Å². The normalized spacial score (nSPS) is 21.9. The van der Waals surface area contributed by atoms with Crippen molar-refractivity contribution in [3.05, 3.63) is 17.8 Å². The van der Waals surface area contributed by atoms with Gasteiger partial charge in [-0.05, 0) is 43.7 Å². The highest BCUT2D eigenvalue weighted by Crippen LogP contribution is 2.34. The molecule has 2 heterocycles. The molecule has 3 aliphatic rings. The molecule has 4 rings (SSSR count). The highest BCUT2D eigenvalue weighted by atomic mass is 16.5. The second kappa shape index (κ2) is 8.25. The van der Waals surface area contributed by atoms with Gasteiger partial charge in [-0.15, -0.1) is 0 Å². The molecule has 1 amide bonds. The van der Waals surface area contributed by atoms with Gasteiger partial charge in [0, 0.05) is 26.7 Å². The van der Waals surface area contributed by atoms with Gasteiger partial charge in [-0.3, -0.25) is 4.79 Å². The van der Waals surface area contributed by atoms with E-state index < -0.39 is 5.60 Å². The predicted octanol–water partition coefficient (Wildman–Crippen LogP) is 2.13. The molecule has 0 bridgehead atoms. The summed E-state index contributed by atoms with van der Waals surface area (Å²) in [5.74, 6) is 0.862. The fourth-order valence-corrected chi connectivity index (χ4v) is 3.89. The minimum Gasteiger partial charge on any atom is -0.476 e. The minimum atomic E-state index is -0.786. The number of nitrogens with one attached hydrogen (secondary N) is 1. The Morgan fingerprint density at radius 3 is 2.71 bits per heavy atom. The Hall–Kier alpha value is -1.86. The van der Waals surface area contributed by atoms with E-state index in [1.807, 2.05) is 6.07 Å². The van der Waals surface area contributed by atoms with Crippen molar-refractivity contribution in [2.75, 3.05) is 38.3 Å². The van der Waals surface area contributed by atoms with Gasteiger partial charge in [0.2, 0.25) is 5.88 Å². The number of carbonyl (C=O) groups excluding carboxylic acids is 1. The highest BCUT2D eigenvalue weighted by Gasteiger charge is 2.32. The Morgan fingerprint density at radius 1 is 1.29 bits per heavy atom. The summed E-state index contributed by atoms with van der Waals surface area (Å²) in [4.78, 5) is 19.3. The molecule has 1 saturated heterocycles. The maximum absolute atomic E-state index is 12.6. The van der Waals surface area contributed by atoms with Gasteiger partial charge >= 0.3 is 0 Å². The SMILES string of the molecule is COC1CN(c2ccc(C(=O)NCC3(O)CCCCC3)nc2OCC2CC2)C1. The zero-order chi connectivity index (χ0) is 19.6. The van der Waals surface area contributed by atoms with Crippen molar-refractivity contribution >= 4 is 11.6 Å². The van der Waals surface area contributed by atoms with E-state index in [9.17, 15) is 9.90 Å². The average Bonchev–Trinajstić information content (AvgIpc) is 3.49. The Kier molecular flexibility index (Phi) is 5.73. The molecule has 7 nitrogen and oxygen atoms in total. The standard InChI is InChI=1S/C21H31N3O4/c1-27-16-11-24(12-16)18-8-7-17(23-20(18)28-13-15-5-6-15)19(25)22-14-21(26)9-3-2-4-10-21/h7-8,15-16,26H,2-6,9-14H2,1H3,(H,22,25). The van der Waals surface area contributed by atoms with Crippen LogP contribution in [0.2, 0.25) is 0 Å². The van der Waals surface area contributed by atoms with Gasteiger partial charge in [-0.2, -0.15) is 0 Å². The molecule has 1 aromatic heterocycles. The lowest BCUT2D eigenvalue weighted by atomic mass is 9.85. The molecule has 2 N–H and O–H groups in total. The maximum Gasteiger partial charge on any atom is 0.270 e. The first-order valence-electron chi connectivity index (χ1n) is 10.5. The van der Waals surface area contributed by atoms with Crippen LogP contribution in [-0.4, -0.2) is 61.1 Å². The molecule has 0 radical (unpaired) electrons. The Balaban J connectivity index is 1.42. The van der Waals surface area contributed by atoms with Crippen LogP contribution >= 0.6 is 0 Å². The number of carbonyl (C=O) groups is 1. The van der Waals surface area contributed by atoms with Gasteiger partial charge in [-0.25, -0.2) is 4.98 Å². The number of ether oxygens (including phenoxy) is 2. The van der Waals surface area contributed by atoms with Crippen LogP contribution in [0.1, 0.15) is 55.4 Å². The van der Waals surface area contributed by atoms with Gasteiger partial charge < -0.3 is 24.8 Å². The van der Waals surface area contributed by atoms with E-state index in [4.69, 9.17) is 9.47 Å². The van der Waals surface area contributed by atoms with Crippen LogP contribution in [-0.2, 0) is 4.74 Å². The summed E-state index contributed by atoms with van der Waals surface area (Å²) in [6, 6.07) is 3.64. The number of methoxy groups -OCH3 is 1. The second-order valence-electron chi connectivity index (χ2n) is 8.51. The van der Waals surface area contributed by atoms with E-state index in [0.717, 1.165) is 50.9 Å². The van der Waals surface area contributed by atoms with E-state index in [-0.39, 0.29) is 18.6 Å². The van der Waals surface area contributed by atoms with Crippen molar-refractivity contribution in [2.24, 2.45) is 5.92 Å². The topological polar surface area (TPSA) is 83.9 Å². The second-order valence-corrected chi connectivity index (χ2v) is 8.51. The first-order chi connectivity index (χ1) is 13.6. The number of amides is 1. The molecule has 2 saturated carbocycles. The number of aromatic nitrogens is 1. The van der Waals surface area contributed by atoms with Gasteiger partial charge in [-0.1, -0.05) is 19.3 Å². The number of hydrogen-bond acceptors (Lipinski definition) is 6. The molecular formula is C21H31N3O4. The summed E-state index contributed by atoms with van der Waals surface area (Å²) < 4.78 is 11.3. The van der Waals surface area contributed by atoms with Crippen LogP contribution in [0.4, 0.5) is 5.69 Å². The summed E-state index contributed by atoms with van der Waals surface area (Å²) >= 11 is 0. The minimum absolute atomic E-state index is 0.232. The quantitative estimate of drug-likeness (QED) is 0.709. The van der Waals surface area contributed by atoms with Gasteiger partial charge in [0.1, 0.15) is 11.4 Å². The van der Waals surface area contributed by atoms with Crippen LogP contribution in [0.25, 0.3) is 0 Å². The lowest BCUT2D eigenvalue weighted by molar-refractivity contribution is 0.00521. The lowest BCUT2D eigenvalue weighted by Gasteiger charge is -2.40. The van der Waals surface area contributed by atoms with Crippen LogP contribution in [0.15, 0.2) is 12.1 Å². The summed E-state index contributed by atoms with van der Waals surface area (Å²) in [7, 11) is 1.72. The molecule has 0 spiro atoms. The Morgan fingerprint density at radius 2 is 2.04 bits per heavy atom. The van der Waals surface area contributed by atoms with E-state index in [0.29, 0.717) is 24.1 Å². The fourth-order valence-electron chi connectivity index (χ4n) is 3.89. The monoisotopic (exact) mass is 389 g/mol. The zero-order valence-electron chi connectivity index (χ0n) is 16.7. The molecule has 0 aromatic carbocycles. The number of aliphatic hydroxyl groups is 1. The maximum atomic E-state index is 12.6. The van der Waals surface area contributed by atoms with E-state index in [1.165, 1.54) is 12.8 Å². The third kappa shape index (κ3) is 4.58. The molecule has 1 aliphatic heterocycles. The van der Waals surface area contributed by atoms with E-state index >= 15 is 0 Å². The van der Waals surface area contributed by atoms with Crippen molar-refractivity contribution in [1.82, 2.24) is 10.3 Å². The predicted molar refractivity (Wildman–Crippen MR) is 106 cm³/mol. The Labute approximate surface area is 166 Å². The van der Waals surface area contributed by atoms with Gasteiger partial charge in [0.15, 0.2) is 0 Å². The smallest absolute Gasteiger partial charge is 0.270 e. The molecule has 154 valence electrons. The highest BCUT2D eigenvalue weighted by molar-refractivity contribution is 5.93. The Bertz CT molecular complexity index is 695. The number of anilines is 1. The first-order valence-corrected chi connectivity index (χ1v) is 10.5. The third-order valence-corrected chi connectivity index (χ3v) is 6.11. The van der Waals surface area contributed by atoms with Crippen LogP contribution in [0, 0.1) is 5.92 Å². The van der Waals surface area contributed by atoms with E-state index in [1.54, 1.807) is 13.2 Å². The molecule has 28 heavy (non-hydrogen) atoms. The molecule has 1 aromatic rings. The molecule has 0 atom stereocenters. The van der Waals surface area contributed by atoms with Crippen molar-refractivity contribution < 1.29 is 19.4 Å². The lowest BCUT2D eigenvalue weighted by Crippen LogP contribution is -2.52. The molecule has 0 unspecified atom stereocenters. The largest absolute Gasteiger partial charge is 0.476 e. The fraction of sp³-hybridized carbons (Fsp3) is 0.714. The first kappa shape index (κ1) is 19.5. The van der Waals surface area contributed by atoms with Crippen molar-refractivity contribution in [3.63, 3.8) is 0 Å². The summed E-state index contributed by atoms with van der Waals surface area (Å²) in [5.41, 5.74) is 0.459. The van der Waals surface area contributed by atoms with Crippen LogP contribution in [0.3, 0.4) is 0 Å². The molecule has 3 fully saturated rings. The van der Waals surface area contributed by atoms with Crippen molar-refractivity contribution in [1.29, 1.82) is 0 Å². The van der Waals surface area contributed by atoms with E-state index in [2.05, 4.69) is 15.2 Å². The average molecular weight is 389 g/mol. The summed E-state index contributed by atoms with van der Waals surface area (Å²) in [6.45, 7) is 2.52. The number of pyridine rings is 1. The molecule has 7 heteroatoms. The van der Waals surface area contributed by atoms with Crippen LogP contribution < -0.4 is 15.0 Å². The van der Waals surface area contributed by atoms with Crippen molar-refractivity contribution in [2.45, 2.75) is 56.7 Å².